The Morgan fingerprint density at radius 3 is 2.54 bits per heavy atom. The smallest absolute Gasteiger partial charge is 0.234 e. The molecule has 0 saturated carbocycles. The first-order valence-corrected chi connectivity index (χ1v) is 8.55. The van der Waals surface area contributed by atoms with E-state index in [0.29, 0.717) is 5.76 Å². The summed E-state index contributed by atoms with van der Waals surface area (Å²) in [6, 6.07) is 0. The molecule has 3 N–H and O–H groups in total. The molecule has 0 bridgehead atoms. The van der Waals surface area contributed by atoms with Gasteiger partial charge in [-0.05, 0) is 6.08 Å². The Hall–Kier alpha value is -0.880. The van der Waals surface area contributed by atoms with Crippen LogP contribution >= 0.6 is 11.8 Å². The predicted molar refractivity (Wildman–Crippen MR) is 81.6 cm³/mol. The fourth-order valence-electron chi connectivity index (χ4n) is 2.96. The molecule has 0 aromatic heterocycles. The average molecular weight is 363 g/mol. The van der Waals surface area contributed by atoms with Crippen molar-refractivity contribution in [2.75, 3.05) is 26.5 Å². The van der Waals surface area contributed by atoms with Crippen LogP contribution in [0.25, 0.3) is 0 Å². The molecule has 0 unspecified atom stereocenters. The highest BCUT2D eigenvalue weighted by Crippen LogP contribution is 2.36. The van der Waals surface area contributed by atoms with Crippen LogP contribution < -0.4 is 0 Å². The predicted octanol–water partition coefficient (Wildman–Crippen LogP) is -1.77. The van der Waals surface area contributed by atoms with Gasteiger partial charge >= 0.3 is 0 Å². The second-order valence-electron chi connectivity index (χ2n) is 5.75. The number of aliphatic hydroxyl groups excluding tert-OH is 3. The van der Waals surface area contributed by atoms with Crippen molar-refractivity contribution in [1.29, 1.82) is 0 Å². The zero-order valence-electron chi connectivity index (χ0n) is 13.3. The Morgan fingerprint density at radius 1 is 1.25 bits per heavy atom. The Bertz CT molecular complexity index is 517. The van der Waals surface area contributed by atoms with Crippen LogP contribution in [0.15, 0.2) is 11.8 Å². The molecule has 24 heavy (non-hydrogen) atoms. The van der Waals surface area contributed by atoms with E-state index in [-0.39, 0.29) is 18.2 Å². The van der Waals surface area contributed by atoms with Crippen molar-refractivity contribution >= 4 is 17.7 Å². The first-order chi connectivity index (χ1) is 11.5. The number of amides is 1. The highest BCUT2D eigenvalue weighted by atomic mass is 32.2. The molecule has 0 aromatic carbocycles. The van der Waals surface area contributed by atoms with Crippen molar-refractivity contribution in [2.45, 2.75) is 42.4 Å². The van der Waals surface area contributed by atoms with Gasteiger partial charge in [-0.15, -0.1) is 11.8 Å². The third-order valence-corrected chi connectivity index (χ3v) is 5.45. The standard InChI is InChI=1S/C14H21NO8S/c1-20-13-6(16)3-7(22-13)12-15(9(17)5-24-12)4-8-10(18)11(19)14(21-2)23-8/h3,6,8,10-14,16,18-19H,4-5H2,1-2H3/t6-,8-,10-,11-,12+,13-,14-/m1/s1. The van der Waals surface area contributed by atoms with Crippen LogP contribution in [0.4, 0.5) is 0 Å². The van der Waals surface area contributed by atoms with Crippen LogP contribution in [0, 0.1) is 0 Å². The van der Waals surface area contributed by atoms with Gasteiger partial charge in [-0.25, -0.2) is 0 Å². The summed E-state index contributed by atoms with van der Waals surface area (Å²) in [5.41, 5.74) is 0. The van der Waals surface area contributed by atoms with E-state index in [2.05, 4.69) is 0 Å². The number of thioether (sulfide) groups is 1. The zero-order valence-corrected chi connectivity index (χ0v) is 14.1. The second kappa shape index (κ2) is 7.16. The van der Waals surface area contributed by atoms with E-state index in [0.717, 1.165) is 0 Å². The van der Waals surface area contributed by atoms with Crippen LogP contribution in [-0.4, -0.2) is 95.0 Å². The van der Waals surface area contributed by atoms with Crippen LogP contribution in [0.3, 0.4) is 0 Å². The highest BCUT2D eigenvalue weighted by molar-refractivity contribution is 8.01. The fourth-order valence-corrected chi connectivity index (χ4v) is 4.11. The molecule has 2 fully saturated rings. The molecule has 1 amide bonds. The molecule has 9 nitrogen and oxygen atoms in total. The van der Waals surface area contributed by atoms with Crippen LogP contribution in [0.5, 0.6) is 0 Å². The first-order valence-electron chi connectivity index (χ1n) is 7.51. The summed E-state index contributed by atoms with van der Waals surface area (Å²) in [7, 11) is 2.79. The van der Waals surface area contributed by atoms with Gasteiger partial charge in [0.25, 0.3) is 0 Å². The summed E-state index contributed by atoms with van der Waals surface area (Å²) in [6.45, 7) is 0.0725. The molecule has 7 atom stereocenters. The van der Waals surface area contributed by atoms with E-state index in [1.165, 1.54) is 37.0 Å². The van der Waals surface area contributed by atoms with E-state index in [4.69, 9.17) is 18.9 Å². The molecule has 136 valence electrons. The third kappa shape index (κ3) is 3.15. The number of aliphatic hydroxyl groups is 3. The molecule has 3 rings (SSSR count). The maximum Gasteiger partial charge on any atom is 0.234 e. The van der Waals surface area contributed by atoms with Gasteiger partial charge < -0.3 is 39.2 Å². The van der Waals surface area contributed by atoms with Gasteiger partial charge in [0.05, 0.1) is 12.3 Å². The molecular formula is C14H21NO8S. The Kier molecular flexibility index (Phi) is 5.35. The SMILES string of the molecule is CO[C@@H]1O[C@H](CN2C(=O)CS[C@H]2C2=C[C@@H](O)[C@H](OC)O2)[C@@H](O)[C@H]1O. The van der Waals surface area contributed by atoms with Gasteiger partial charge in [-0.3, -0.25) is 4.79 Å². The lowest BCUT2D eigenvalue weighted by atomic mass is 10.1. The number of nitrogens with zero attached hydrogens (tertiary/aromatic N) is 1. The number of rotatable bonds is 5. The highest BCUT2D eigenvalue weighted by Gasteiger charge is 2.47. The molecule has 3 heterocycles. The number of methoxy groups -OCH3 is 2. The normalized spacial score (nSPS) is 42.5. The quantitative estimate of drug-likeness (QED) is 0.521. The van der Waals surface area contributed by atoms with E-state index in [1.54, 1.807) is 0 Å². The van der Waals surface area contributed by atoms with E-state index >= 15 is 0 Å². The second-order valence-corrected chi connectivity index (χ2v) is 6.82. The summed E-state index contributed by atoms with van der Waals surface area (Å²) in [5, 5.41) is 29.3. The van der Waals surface area contributed by atoms with E-state index in [1.807, 2.05) is 0 Å². The van der Waals surface area contributed by atoms with Gasteiger partial charge in [-0.1, -0.05) is 0 Å². The Balaban J connectivity index is 1.70. The maximum absolute atomic E-state index is 12.2. The molecule has 0 aliphatic carbocycles. The third-order valence-electron chi connectivity index (χ3n) is 4.24. The van der Waals surface area contributed by atoms with Crippen molar-refractivity contribution in [2.24, 2.45) is 0 Å². The fraction of sp³-hybridized carbons (Fsp3) is 0.786. The minimum atomic E-state index is -1.18. The molecule has 0 aromatic rings. The maximum atomic E-state index is 12.2. The largest absolute Gasteiger partial charge is 0.463 e. The van der Waals surface area contributed by atoms with Crippen molar-refractivity contribution in [1.82, 2.24) is 4.90 Å². The minimum absolute atomic E-state index is 0.0725. The number of carbonyl (C=O) groups excluding carboxylic acids is 1. The average Bonchev–Trinajstić information content (AvgIpc) is 3.20. The summed E-state index contributed by atoms with van der Waals surface area (Å²) in [4.78, 5) is 13.7. The lowest BCUT2D eigenvalue weighted by Crippen LogP contribution is -2.44. The summed E-state index contributed by atoms with van der Waals surface area (Å²) >= 11 is 1.35. The lowest BCUT2D eigenvalue weighted by Gasteiger charge is -2.28. The van der Waals surface area contributed by atoms with Crippen molar-refractivity contribution in [3.63, 3.8) is 0 Å². The van der Waals surface area contributed by atoms with Crippen molar-refractivity contribution in [3.8, 4) is 0 Å². The molecule has 0 radical (unpaired) electrons. The topological polar surface area (TPSA) is 118 Å². The van der Waals surface area contributed by atoms with Crippen LogP contribution in [0.2, 0.25) is 0 Å². The van der Waals surface area contributed by atoms with Gasteiger partial charge in [0.1, 0.15) is 35.5 Å². The number of hydrogen-bond acceptors (Lipinski definition) is 9. The van der Waals surface area contributed by atoms with E-state index in [9.17, 15) is 20.1 Å². The number of carbonyl (C=O) groups is 1. The summed E-state index contributed by atoms with van der Waals surface area (Å²) in [5.74, 6) is 0.538. The number of ether oxygens (including phenoxy) is 4. The van der Waals surface area contributed by atoms with Gasteiger partial charge in [0, 0.05) is 14.2 Å². The van der Waals surface area contributed by atoms with Gasteiger partial charge in [0.2, 0.25) is 12.2 Å². The molecule has 10 heteroatoms. The summed E-state index contributed by atoms with van der Waals surface area (Å²) in [6.07, 6.45) is -4.25. The van der Waals surface area contributed by atoms with Crippen LogP contribution in [0.1, 0.15) is 0 Å². The molecule has 3 aliphatic heterocycles. The van der Waals surface area contributed by atoms with Gasteiger partial charge in [0.15, 0.2) is 6.29 Å². The van der Waals surface area contributed by atoms with Gasteiger partial charge in [-0.2, -0.15) is 0 Å². The first kappa shape index (κ1) is 17.9. The molecule has 0 spiro atoms. The molecule has 3 aliphatic rings. The van der Waals surface area contributed by atoms with Crippen LogP contribution in [-0.2, 0) is 23.7 Å². The monoisotopic (exact) mass is 363 g/mol. The number of hydrogen-bond donors (Lipinski definition) is 3. The Morgan fingerprint density at radius 2 is 1.96 bits per heavy atom. The summed E-state index contributed by atoms with van der Waals surface area (Å²) < 4.78 is 21.0. The van der Waals surface area contributed by atoms with E-state index < -0.39 is 42.4 Å². The van der Waals surface area contributed by atoms with Crippen molar-refractivity contribution < 1.29 is 39.1 Å². The molecular weight excluding hydrogens is 342 g/mol. The zero-order chi connectivity index (χ0) is 17.4. The minimum Gasteiger partial charge on any atom is -0.463 e. The molecule has 2 saturated heterocycles. The lowest BCUT2D eigenvalue weighted by molar-refractivity contribution is -0.155. The van der Waals surface area contributed by atoms with Crippen molar-refractivity contribution in [3.05, 3.63) is 11.8 Å². The Labute approximate surface area is 143 Å².